The fourth-order valence-corrected chi connectivity index (χ4v) is 3.29. The molecule has 0 fully saturated rings. The van der Waals surface area contributed by atoms with E-state index >= 15 is 0 Å². The lowest BCUT2D eigenvalue weighted by molar-refractivity contribution is -0.0305. The van der Waals surface area contributed by atoms with Crippen molar-refractivity contribution in [2.45, 2.75) is 45.9 Å². The molecule has 0 heterocycles. The Morgan fingerprint density at radius 2 is 1.56 bits per heavy atom. The van der Waals surface area contributed by atoms with Crippen LogP contribution in [0.15, 0.2) is 29.2 Å². The topological polar surface area (TPSA) is 61.8 Å². The molecule has 0 saturated heterocycles. The first kappa shape index (κ1) is 22.1. The molecular formula is C19H32O5S. The van der Waals surface area contributed by atoms with Gasteiger partial charge in [-0.3, -0.25) is 4.18 Å². The molecule has 1 rings (SSSR count). The van der Waals surface area contributed by atoms with Crippen LogP contribution in [0.1, 0.15) is 39.7 Å². The maximum atomic E-state index is 12.3. The van der Waals surface area contributed by atoms with Crippen LogP contribution in [0.25, 0.3) is 0 Å². The van der Waals surface area contributed by atoms with Gasteiger partial charge in [-0.15, -0.1) is 0 Å². The molecule has 144 valence electrons. The van der Waals surface area contributed by atoms with E-state index in [0.29, 0.717) is 19.8 Å². The van der Waals surface area contributed by atoms with Crippen LogP contribution in [0.3, 0.4) is 0 Å². The van der Waals surface area contributed by atoms with E-state index in [1.165, 1.54) is 0 Å². The fraction of sp³-hybridized carbons (Fsp3) is 0.684. The van der Waals surface area contributed by atoms with E-state index in [9.17, 15) is 8.42 Å². The quantitative estimate of drug-likeness (QED) is 0.553. The van der Waals surface area contributed by atoms with Gasteiger partial charge in [-0.25, -0.2) is 0 Å². The summed E-state index contributed by atoms with van der Waals surface area (Å²) in [6, 6.07) is 6.65. The predicted octanol–water partition coefficient (Wildman–Crippen LogP) is 3.81. The minimum absolute atomic E-state index is 0.0851. The van der Waals surface area contributed by atoms with E-state index in [1.807, 2.05) is 20.8 Å². The standard InChI is InChI=1S/C19H32O5S/c1-7-19(5,14-23-13-18(3,4)12-22-6)15-24-25(20,21)17-10-8-16(2)9-11-17/h8-11H,7,12-15H2,1-6H3. The van der Waals surface area contributed by atoms with E-state index < -0.39 is 10.1 Å². The van der Waals surface area contributed by atoms with Gasteiger partial charge in [-0.05, 0) is 25.5 Å². The molecule has 6 heteroatoms. The van der Waals surface area contributed by atoms with Crippen LogP contribution in [-0.4, -0.2) is 42.0 Å². The Kier molecular flexibility index (Phi) is 8.06. The molecule has 0 aliphatic rings. The second-order valence-corrected chi connectivity index (χ2v) is 9.40. The van der Waals surface area contributed by atoms with Gasteiger partial charge in [-0.2, -0.15) is 8.42 Å². The molecule has 0 aliphatic carbocycles. The summed E-state index contributed by atoms with van der Waals surface area (Å²) in [5, 5.41) is 0. The predicted molar refractivity (Wildman–Crippen MR) is 99.2 cm³/mol. The Hall–Kier alpha value is -0.950. The molecule has 25 heavy (non-hydrogen) atoms. The van der Waals surface area contributed by atoms with E-state index in [1.54, 1.807) is 31.4 Å². The van der Waals surface area contributed by atoms with Crippen molar-refractivity contribution in [3.05, 3.63) is 29.8 Å². The number of aryl methyl sites for hydroxylation is 1. The number of benzene rings is 1. The van der Waals surface area contributed by atoms with Crippen molar-refractivity contribution in [3.63, 3.8) is 0 Å². The van der Waals surface area contributed by atoms with Crippen molar-refractivity contribution in [2.75, 3.05) is 33.5 Å². The maximum Gasteiger partial charge on any atom is 0.296 e. The molecular weight excluding hydrogens is 340 g/mol. The van der Waals surface area contributed by atoms with Gasteiger partial charge < -0.3 is 9.47 Å². The SMILES string of the molecule is CCC(C)(COCC(C)(C)COC)COS(=O)(=O)c1ccc(C)cc1. The van der Waals surface area contributed by atoms with E-state index in [2.05, 4.69) is 13.8 Å². The molecule has 5 nitrogen and oxygen atoms in total. The molecule has 0 radical (unpaired) electrons. The summed E-state index contributed by atoms with van der Waals surface area (Å²) >= 11 is 0. The summed E-state index contributed by atoms with van der Waals surface area (Å²) in [6.07, 6.45) is 0.751. The van der Waals surface area contributed by atoms with E-state index in [-0.39, 0.29) is 22.3 Å². The van der Waals surface area contributed by atoms with Crippen LogP contribution < -0.4 is 0 Å². The first-order chi connectivity index (χ1) is 11.5. The molecule has 0 N–H and O–H groups in total. The number of methoxy groups -OCH3 is 1. The van der Waals surface area contributed by atoms with E-state index in [0.717, 1.165) is 12.0 Å². The number of hydrogen-bond acceptors (Lipinski definition) is 5. The van der Waals surface area contributed by atoms with Crippen LogP contribution in [0.2, 0.25) is 0 Å². The summed E-state index contributed by atoms with van der Waals surface area (Å²) < 4.78 is 41.0. The lowest BCUT2D eigenvalue weighted by atomic mass is 9.89. The molecule has 0 spiro atoms. The molecule has 0 saturated carbocycles. The smallest absolute Gasteiger partial charge is 0.296 e. The van der Waals surface area contributed by atoms with Crippen LogP contribution in [-0.2, 0) is 23.8 Å². The highest BCUT2D eigenvalue weighted by Gasteiger charge is 2.28. The summed E-state index contributed by atoms with van der Waals surface area (Å²) in [5.74, 6) is 0. The summed E-state index contributed by atoms with van der Waals surface area (Å²) in [5.41, 5.74) is 0.545. The number of ether oxygens (including phenoxy) is 2. The average Bonchev–Trinajstić information content (AvgIpc) is 2.53. The van der Waals surface area contributed by atoms with E-state index in [4.69, 9.17) is 13.7 Å². The lowest BCUT2D eigenvalue weighted by Gasteiger charge is -2.30. The highest BCUT2D eigenvalue weighted by Crippen LogP contribution is 2.26. The zero-order chi connectivity index (χ0) is 19.1. The van der Waals surface area contributed by atoms with Gasteiger partial charge in [0, 0.05) is 17.9 Å². The second-order valence-electron chi connectivity index (χ2n) is 7.78. The lowest BCUT2D eigenvalue weighted by Crippen LogP contribution is -2.33. The van der Waals surface area contributed by atoms with Crippen LogP contribution in [0.4, 0.5) is 0 Å². The van der Waals surface area contributed by atoms with Gasteiger partial charge in [0.05, 0.1) is 31.3 Å². The highest BCUT2D eigenvalue weighted by atomic mass is 32.2. The average molecular weight is 373 g/mol. The molecule has 1 atom stereocenters. The van der Waals surface area contributed by atoms with Crippen molar-refractivity contribution in [2.24, 2.45) is 10.8 Å². The maximum absolute atomic E-state index is 12.3. The molecule has 1 aromatic rings. The van der Waals surface area contributed by atoms with Crippen LogP contribution in [0, 0.1) is 17.8 Å². The summed E-state index contributed by atoms with van der Waals surface area (Å²) in [6.45, 7) is 11.7. The van der Waals surface area contributed by atoms with Crippen molar-refractivity contribution >= 4 is 10.1 Å². The zero-order valence-electron chi connectivity index (χ0n) is 16.3. The largest absolute Gasteiger partial charge is 0.384 e. The number of hydrogen-bond donors (Lipinski definition) is 0. The number of rotatable bonds is 11. The van der Waals surface area contributed by atoms with Crippen molar-refractivity contribution < 1.29 is 22.1 Å². The van der Waals surface area contributed by atoms with Gasteiger partial charge in [0.15, 0.2) is 0 Å². The third-order valence-electron chi connectivity index (χ3n) is 4.20. The first-order valence-corrected chi connectivity index (χ1v) is 9.97. The third kappa shape index (κ3) is 7.44. The molecule has 0 aromatic heterocycles. The Labute approximate surface area is 152 Å². The molecule has 0 aliphatic heterocycles. The molecule has 1 aromatic carbocycles. The van der Waals surface area contributed by atoms with Gasteiger partial charge in [-0.1, -0.05) is 45.4 Å². The first-order valence-electron chi connectivity index (χ1n) is 8.56. The minimum Gasteiger partial charge on any atom is -0.384 e. The minimum atomic E-state index is -3.76. The van der Waals surface area contributed by atoms with Gasteiger partial charge >= 0.3 is 0 Å². The summed E-state index contributed by atoms with van der Waals surface area (Å²) in [4.78, 5) is 0.179. The van der Waals surface area contributed by atoms with Crippen molar-refractivity contribution in [1.82, 2.24) is 0 Å². The molecule has 0 amide bonds. The Morgan fingerprint density at radius 1 is 0.960 bits per heavy atom. The van der Waals surface area contributed by atoms with Crippen LogP contribution >= 0.6 is 0 Å². The third-order valence-corrected chi connectivity index (χ3v) is 5.48. The highest BCUT2D eigenvalue weighted by molar-refractivity contribution is 7.86. The Balaban J connectivity index is 2.63. The normalized spacial score (nSPS) is 15.1. The summed E-state index contributed by atoms with van der Waals surface area (Å²) in [7, 11) is -2.09. The molecule has 1 unspecified atom stereocenters. The molecule has 0 bridgehead atoms. The van der Waals surface area contributed by atoms with Gasteiger partial charge in [0.1, 0.15) is 0 Å². The van der Waals surface area contributed by atoms with Gasteiger partial charge in [0.2, 0.25) is 0 Å². The van der Waals surface area contributed by atoms with Crippen molar-refractivity contribution in [3.8, 4) is 0 Å². The Morgan fingerprint density at radius 3 is 2.08 bits per heavy atom. The Bertz CT molecular complexity index is 622. The van der Waals surface area contributed by atoms with Crippen LogP contribution in [0.5, 0.6) is 0 Å². The van der Waals surface area contributed by atoms with Crippen molar-refractivity contribution in [1.29, 1.82) is 0 Å². The fourth-order valence-electron chi connectivity index (χ4n) is 2.24. The monoisotopic (exact) mass is 372 g/mol. The zero-order valence-corrected chi connectivity index (χ0v) is 17.1. The second kappa shape index (κ2) is 9.12. The van der Waals surface area contributed by atoms with Gasteiger partial charge in [0.25, 0.3) is 10.1 Å².